The van der Waals surface area contributed by atoms with Crippen molar-refractivity contribution in [2.24, 2.45) is 0 Å². The summed E-state index contributed by atoms with van der Waals surface area (Å²) in [4.78, 5) is 28.5. The highest BCUT2D eigenvalue weighted by molar-refractivity contribution is 6.19. The van der Waals surface area contributed by atoms with Crippen LogP contribution in [0.3, 0.4) is 0 Å². The molecular formula is C24H24N2O5. The summed E-state index contributed by atoms with van der Waals surface area (Å²) >= 11 is 0. The van der Waals surface area contributed by atoms with Crippen molar-refractivity contribution in [1.29, 1.82) is 5.26 Å². The molecule has 7 heteroatoms. The Kier molecular flexibility index (Phi) is 8.05. The van der Waals surface area contributed by atoms with Crippen LogP contribution in [0, 0.1) is 37.5 Å². The fraction of sp³-hybridized carbons (Fsp3) is 0.292. The van der Waals surface area contributed by atoms with Crippen LogP contribution in [0.25, 0.3) is 6.08 Å². The number of H-pyrrole nitrogens is 1. The first-order valence-electron chi connectivity index (χ1n) is 9.73. The number of terminal acetylenes is 1. The van der Waals surface area contributed by atoms with Crippen LogP contribution in [0.4, 0.5) is 0 Å². The van der Waals surface area contributed by atoms with Crippen LogP contribution in [-0.2, 0) is 4.74 Å². The van der Waals surface area contributed by atoms with Gasteiger partial charge in [0.25, 0.3) is 0 Å². The number of aromatic nitrogens is 1. The molecule has 0 radical (unpaired) electrons. The Morgan fingerprint density at radius 2 is 1.81 bits per heavy atom. The van der Waals surface area contributed by atoms with Gasteiger partial charge in [0, 0.05) is 11.4 Å². The first-order chi connectivity index (χ1) is 14.9. The normalized spacial score (nSPS) is 10.7. The highest BCUT2D eigenvalue weighted by Gasteiger charge is 2.27. The zero-order chi connectivity index (χ0) is 23.0. The number of esters is 1. The number of nitrogens with zero attached hydrogens (tertiary/aromatic N) is 1. The number of hydrogen-bond acceptors (Lipinski definition) is 6. The van der Waals surface area contributed by atoms with Crippen molar-refractivity contribution in [1.82, 2.24) is 4.98 Å². The van der Waals surface area contributed by atoms with E-state index < -0.39 is 11.8 Å². The summed E-state index contributed by atoms with van der Waals surface area (Å²) in [6.45, 7) is 7.50. The fourth-order valence-electron chi connectivity index (χ4n) is 3.09. The topological polar surface area (TPSA) is 101 Å². The number of Topliss-reactive ketones (excluding diaryl/α,β-unsaturated/α-hetero) is 1. The maximum Gasteiger partial charge on any atom is 0.340 e. The van der Waals surface area contributed by atoms with Gasteiger partial charge in [-0.25, -0.2) is 4.79 Å². The predicted octanol–water partition coefficient (Wildman–Crippen LogP) is 4.01. The van der Waals surface area contributed by atoms with Crippen molar-refractivity contribution in [2.75, 3.05) is 19.8 Å². The SMILES string of the molecule is C#CCOc1ccc(/C=C(\C#N)C(=O)c2c(C)[nH]c(C)c2C(=O)OCC)cc1OCC. The van der Waals surface area contributed by atoms with Gasteiger partial charge in [-0.2, -0.15) is 5.26 Å². The molecule has 7 nitrogen and oxygen atoms in total. The smallest absolute Gasteiger partial charge is 0.340 e. The molecular weight excluding hydrogens is 396 g/mol. The summed E-state index contributed by atoms with van der Waals surface area (Å²) < 4.78 is 16.1. The van der Waals surface area contributed by atoms with Crippen molar-refractivity contribution in [2.45, 2.75) is 27.7 Å². The molecule has 2 rings (SSSR count). The Labute approximate surface area is 181 Å². The molecule has 0 aliphatic carbocycles. The molecule has 0 atom stereocenters. The van der Waals surface area contributed by atoms with Crippen LogP contribution in [0.1, 0.15) is 51.5 Å². The van der Waals surface area contributed by atoms with Crippen molar-refractivity contribution in [3.8, 4) is 29.9 Å². The van der Waals surface area contributed by atoms with E-state index in [2.05, 4.69) is 10.9 Å². The second-order valence-electron chi connectivity index (χ2n) is 6.48. The standard InChI is InChI=1S/C24H24N2O5/c1-6-11-31-19-10-9-17(13-20(19)29-7-2)12-18(14-25)23(27)21-15(4)26-16(5)22(21)24(28)30-8-3/h1,9-10,12-13,26H,7-8,11H2,2-5H3/b18-12+. The third kappa shape index (κ3) is 5.34. The highest BCUT2D eigenvalue weighted by Crippen LogP contribution is 2.30. The maximum atomic E-state index is 13.2. The van der Waals surface area contributed by atoms with Gasteiger partial charge in [0.05, 0.1) is 24.3 Å². The number of aryl methyl sites for hydroxylation is 2. The molecule has 0 fully saturated rings. The number of nitriles is 1. The van der Waals surface area contributed by atoms with Crippen LogP contribution in [0.5, 0.6) is 11.5 Å². The van der Waals surface area contributed by atoms with Gasteiger partial charge in [-0.1, -0.05) is 12.0 Å². The predicted molar refractivity (Wildman–Crippen MR) is 116 cm³/mol. The number of ketones is 1. The molecule has 0 bridgehead atoms. The van der Waals surface area contributed by atoms with Gasteiger partial charge in [0.15, 0.2) is 11.5 Å². The van der Waals surface area contributed by atoms with Gasteiger partial charge < -0.3 is 19.2 Å². The number of nitrogens with one attached hydrogen (secondary N) is 1. The highest BCUT2D eigenvalue weighted by atomic mass is 16.5. The molecule has 2 aromatic rings. The van der Waals surface area contributed by atoms with E-state index in [1.807, 2.05) is 13.0 Å². The number of ether oxygens (including phenoxy) is 3. The van der Waals surface area contributed by atoms with Gasteiger partial charge in [-0.3, -0.25) is 4.79 Å². The van der Waals surface area contributed by atoms with Crippen molar-refractivity contribution in [3.63, 3.8) is 0 Å². The largest absolute Gasteiger partial charge is 0.490 e. The number of aromatic amines is 1. The molecule has 1 N–H and O–H groups in total. The van der Waals surface area contributed by atoms with E-state index in [4.69, 9.17) is 20.6 Å². The molecule has 0 aliphatic rings. The van der Waals surface area contributed by atoms with Gasteiger partial charge in [0.1, 0.15) is 18.2 Å². The van der Waals surface area contributed by atoms with Crippen molar-refractivity contribution >= 4 is 17.8 Å². The molecule has 0 saturated heterocycles. The molecule has 0 saturated carbocycles. The summed E-state index contributed by atoms with van der Waals surface area (Å²) in [5.74, 6) is 2.11. The molecule has 0 spiro atoms. The summed E-state index contributed by atoms with van der Waals surface area (Å²) in [5.41, 5.74) is 1.68. The van der Waals surface area contributed by atoms with Crippen LogP contribution in [-0.4, -0.2) is 36.6 Å². The van der Waals surface area contributed by atoms with E-state index in [0.717, 1.165) is 0 Å². The Balaban J connectivity index is 2.49. The number of allylic oxidation sites excluding steroid dienone is 1. The number of hydrogen-bond donors (Lipinski definition) is 1. The summed E-state index contributed by atoms with van der Waals surface area (Å²) in [5, 5.41) is 9.65. The van der Waals surface area contributed by atoms with Crippen molar-refractivity contribution < 1.29 is 23.8 Å². The molecule has 0 aliphatic heterocycles. The molecule has 1 aromatic heterocycles. The number of carbonyl (C=O) groups excluding carboxylic acids is 2. The molecule has 31 heavy (non-hydrogen) atoms. The molecule has 1 aromatic carbocycles. The first-order valence-corrected chi connectivity index (χ1v) is 9.73. The van der Waals surface area contributed by atoms with Gasteiger partial charge in [-0.15, -0.1) is 6.42 Å². The molecule has 0 amide bonds. The average Bonchev–Trinajstić information content (AvgIpc) is 3.05. The van der Waals surface area contributed by atoms with E-state index in [9.17, 15) is 14.9 Å². The van der Waals surface area contributed by atoms with Crippen LogP contribution >= 0.6 is 0 Å². The minimum atomic E-state index is -0.612. The number of benzene rings is 1. The average molecular weight is 420 g/mol. The summed E-state index contributed by atoms with van der Waals surface area (Å²) in [6, 6.07) is 6.92. The Hall–Kier alpha value is -3.97. The molecule has 160 valence electrons. The quantitative estimate of drug-likeness (QED) is 0.216. The Morgan fingerprint density at radius 1 is 1.10 bits per heavy atom. The molecule has 1 heterocycles. The van der Waals surface area contributed by atoms with E-state index >= 15 is 0 Å². The molecule has 0 unspecified atom stereocenters. The minimum Gasteiger partial charge on any atom is -0.490 e. The number of rotatable bonds is 9. The third-order valence-corrected chi connectivity index (χ3v) is 4.34. The lowest BCUT2D eigenvalue weighted by Crippen LogP contribution is -2.13. The first kappa shape index (κ1) is 23.3. The van der Waals surface area contributed by atoms with E-state index in [1.165, 1.54) is 6.08 Å². The lowest BCUT2D eigenvalue weighted by Gasteiger charge is -2.11. The number of carbonyl (C=O) groups is 2. The second-order valence-corrected chi connectivity index (χ2v) is 6.48. The maximum absolute atomic E-state index is 13.2. The van der Waals surface area contributed by atoms with E-state index in [1.54, 1.807) is 39.0 Å². The van der Waals surface area contributed by atoms with Crippen LogP contribution < -0.4 is 9.47 Å². The lowest BCUT2D eigenvalue weighted by atomic mass is 9.98. The zero-order valence-corrected chi connectivity index (χ0v) is 18.0. The van der Waals surface area contributed by atoms with Gasteiger partial charge in [-0.05, 0) is 51.5 Å². The minimum absolute atomic E-state index is 0.0833. The second kappa shape index (κ2) is 10.7. The van der Waals surface area contributed by atoms with Crippen LogP contribution in [0.15, 0.2) is 23.8 Å². The zero-order valence-electron chi connectivity index (χ0n) is 18.0. The van der Waals surface area contributed by atoms with Gasteiger partial charge >= 0.3 is 5.97 Å². The summed E-state index contributed by atoms with van der Waals surface area (Å²) in [7, 11) is 0. The van der Waals surface area contributed by atoms with E-state index in [-0.39, 0.29) is 29.9 Å². The summed E-state index contributed by atoms with van der Waals surface area (Å²) in [6.07, 6.45) is 6.67. The van der Waals surface area contributed by atoms with Gasteiger partial charge in [0.2, 0.25) is 5.78 Å². The Bertz CT molecular complexity index is 1100. The van der Waals surface area contributed by atoms with Crippen LogP contribution in [0.2, 0.25) is 0 Å². The van der Waals surface area contributed by atoms with E-state index in [0.29, 0.717) is 35.1 Å². The fourth-order valence-corrected chi connectivity index (χ4v) is 3.09. The Morgan fingerprint density at radius 3 is 2.42 bits per heavy atom. The lowest BCUT2D eigenvalue weighted by molar-refractivity contribution is 0.0523. The monoisotopic (exact) mass is 420 g/mol. The third-order valence-electron chi connectivity index (χ3n) is 4.34. The van der Waals surface area contributed by atoms with Crippen molar-refractivity contribution in [3.05, 3.63) is 51.9 Å².